The summed E-state index contributed by atoms with van der Waals surface area (Å²) in [6.45, 7) is 0. The summed E-state index contributed by atoms with van der Waals surface area (Å²) >= 11 is 0. The molecule has 0 radical (unpaired) electrons. The van der Waals surface area contributed by atoms with Crippen molar-refractivity contribution in [2.75, 3.05) is 5.43 Å². The Hall–Kier alpha value is -1.55. The molecule has 0 aliphatic heterocycles. The van der Waals surface area contributed by atoms with Crippen LogP contribution in [0.3, 0.4) is 0 Å². The molecule has 2 aromatic rings. The Bertz CT molecular complexity index is 511. The van der Waals surface area contributed by atoms with Crippen molar-refractivity contribution >= 4 is 16.7 Å². The summed E-state index contributed by atoms with van der Waals surface area (Å²) < 4.78 is 2.19. The molecule has 0 spiro atoms. The molecule has 1 aromatic heterocycles. The van der Waals surface area contributed by atoms with Gasteiger partial charge in [0.1, 0.15) is 5.82 Å². The largest absolute Gasteiger partial charge is 0.331 e. The molecule has 1 aliphatic carbocycles. The van der Waals surface area contributed by atoms with Gasteiger partial charge in [0.25, 0.3) is 0 Å². The minimum Gasteiger partial charge on any atom is -0.331 e. The van der Waals surface area contributed by atoms with E-state index in [4.69, 9.17) is 5.84 Å². The van der Waals surface area contributed by atoms with Crippen LogP contribution >= 0.6 is 0 Å². The van der Waals surface area contributed by atoms with E-state index < -0.39 is 0 Å². The second kappa shape index (κ2) is 2.97. The number of hydrogen-bond donors (Lipinski definition) is 2. The van der Waals surface area contributed by atoms with Crippen LogP contribution in [0.4, 0.5) is 5.69 Å². The number of aryl methyl sites for hydroxylation is 1. The van der Waals surface area contributed by atoms with E-state index in [-0.39, 0.29) is 0 Å². The van der Waals surface area contributed by atoms with Gasteiger partial charge in [0.15, 0.2) is 0 Å². The van der Waals surface area contributed by atoms with Crippen molar-refractivity contribution in [3.8, 4) is 0 Å². The summed E-state index contributed by atoms with van der Waals surface area (Å²) in [5.41, 5.74) is 5.75. The quantitative estimate of drug-likeness (QED) is 0.576. The van der Waals surface area contributed by atoms with Crippen LogP contribution in [0.1, 0.15) is 24.6 Å². The van der Waals surface area contributed by atoms with Gasteiger partial charge in [-0.05, 0) is 31.0 Å². The summed E-state index contributed by atoms with van der Waals surface area (Å²) in [5, 5.41) is 0. The molecule has 0 saturated heterocycles. The first-order valence-corrected chi connectivity index (χ1v) is 5.22. The van der Waals surface area contributed by atoms with Gasteiger partial charge in [-0.3, -0.25) is 5.84 Å². The molecule has 1 heterocycles. The van der Waals surface area contributed by atoms with Crippen LogP contribution in [0, 0.1) is 0 Å². The molecule has 4 nitrogen and oxygen atoms in total. The first-order chi connectivity index (χ1) is 7.29. The first-order valence-electron chi connectivity index (χ1n) is 5.22. The predicted octanol–water partition coefficient (Wildman–Crippen LogP) is 1.74. The lowest BCUT2D eigenvalue weighted by molar-refractivity contribution is 0.820. The molecule has 1 fully saturated rings. The number of nitrogens with one attached hydrogen (secondary N) is 1. The molecular formula is C11H14N4. The maximum absolute atomic E-state index is 5.37. The third-order valence-corrected chi connectivity index (χ3v) is 3.02. The Balaban J connectivity index is 2.20. The lowest BCUT2D eigenvalue weighted by Gasteiger charge is -2.00. The molecule has 3 rings (SSSR count). The van der Waals surface area contributed by atoms with Gasteiger partial charge in [-0.1, -0.05) is 0 Å². The summed E-state index contributed by atoms with van der Waals surface area (Å²) in [6, 6.07) is 6.02. The van der Waals surface area contributed by atoms with E-state index in [1.54, 1.807) is 0 Å². The van der Waals surface area contributed by atoms with Crippen molar-refractivity contribution in [3.63, 3.8) is 0 Å². The van der Waals surface area contributed by atoms with Gasteiger partial charge < -0.3 is 9.99 Å². The molecule has 4 heteroatoms. The molecule has 0 bridgehead atoms. The molecule has 3 N–H and O–H groups in total. The van der Waals surface area contributed by atoms with Crippen molar-refractivity contribution in [3.05, 3.63) is 24.0 Å². The highest BCUT2D eigenvalue weighted by molar-refractivity contribution is 5.80. The highest BCUT2D eigenvalue weighted by atomic mass is 15.2. The highest BCUT2D eigenvalue weighted by Gasteiger charge is 2.28. The SMILES string of the molecule is Cn1c(C2CC2)nc2cc(NN)ccc21. The number of aromatic nitrogens is 2. The number of nitrogens with zero attached hydrogens (tertiary/aromatic N) is 2. The Kier molecular flexibility index (Phi) is 1.73. The average molecular weight is 202 g/mol. The number of imidazole rings is 1. The number of benzene rings is 1. The molecule has 1 aromatic carbocycles. The third kappa shape index (κ3) is 1.29. The fraction of sp³-hybridized carbons (Fsp3) is 0.364. The fourth-order valence-corrected chi connectivity index (χ4v) is 2.01. The van der Waals surface area contributed by atoms with Crippen molar-refractivity contribution < 1.29 is 0 Å². The molecule has 0 unspecified atom stereocenters. The smallest absolute Gasteiger partial charge is 0.112 e. The Labute approximate surface area is 88.1 Å². The van der Waals surface area contributed by atoms with Crippen molar-refractivity contribution in [2.45, 2.75) is 18.8 Å². The van der Waals surface area contributed by atoms with Crippen LogP contribution in [0.15, 0.2) is 18.2 Å². The topological polar surface area (TPSA) is 55.9 Å². The summed E-state index contributed by atoms with van der Waals surface area (Å²) in [5.74, 6) is 7.26. The van der Waals surface area contributed by atoms with Gasteiger partial charge in [-0.25, -0.2) is 4.98 Å². The molecule has 0 amide bonds. The zero-order valence-corrected chi connectivity index (χ0v) is 8.70. The summed E-state index contributed by atoms with van der Waals surface area (Å²) in [4.78, 5) is 4.65. The minimum absolute atomic E-state index is 0.677. The molecule has 15 heavy (non-hydrogen) atoms. The van der Waals surface area contributed by atoms with Gasteiger partial charge in [-0.2, -0.15) is 0 Å². The zero-order chi connectivity index (χ0) is 10.4. The number of anilines is 1. The van der Waals surface area contributed by atoms with Gasteiger partial charge in [-0.15, -0.1) is 0 Å². The van der Waals surface area contributed by atoms with E-state index in [0.29, 0.717) is 5.92 Å². The Morgan fingerprint density at radius 2 is 2.27 bits per heavy atom. The minimum atomic E-state index is 0.677. The van der Waals surface area contributed by atoms with Crippen molar-refractivity contribution in [1.82, 2.24) is 9.55 Å². The monoisotopic (exact) mass is 202 g/mol. The van der Waals surface area contributed by atoms with Crippen LogP contribution in [0.2, 0.25) is 0 Å². The van der Waals surface area contributed by atoms with Crippen LogP contribution in [0.25, 0.3) is 11.0 Å². The molecular weight excluding hydrogens is 188 g/mol. The van der Waals surface area contributed by atoms with Crippen molar-refractivity contribution in [1.29, 1.82) is 0 Å². The zero-order valence-electron chi connectivity index (χ0n) is 8.70. The van der Waals surface area contributed by atoms with E-state index in [1.807, 2.05) is 12.1 Å². The number of nitrogen functional groups attached to an aromatic ring is 1. The van der Waals surface area contributed by atoms with E-state index in [0.717, 1.165) is 11.2 Å². The van der Waals surface area contributed by atoms with E-state index in [9.17, 15) is 0 Å². The fourth-order valence-electron chi connectivity index (χ4n) is 2.01. The molecule has 1 saturated carbocycles. The lowest BCUT2D eigenvalue weighted by atomic mass is 10.3. The van der Waals surface area contributed by atoms with Crippen LogP contribution in [-0.2, 0) is 7.05 Å². The van der Waals surface area contributed by atoms with Gasteiger partial charge in [0.05, 0.1) is 16.7 Å². The summed E-state index contributed by atoms with van der Waals surface area (Å²) in [7, 11) is 2.08. The normalized spacial score (nSPS) is 15.9. The highest BCUT2D eigenvalue weighted by Crippen LogP contribution is 2.40. The van der Waals surface area contributed by atoms with Gasteiger partial charge in [0.2, 0.25) is 0 Å². The van der Waals surface area contributed by atoms with Gasteiger partial charge in [0, 0.05) is 13.0 Å². The number of hydrazine groups is 1. The number of hydrogen-bond acceptors (Lipinski definition) is 3. The van der Waals surface area contributed by atoms with E-state index >= 15 is 0 Å². The Morgan fingerprint density at radius 3 is 2.93 bits per heavy atom. The van der Waals surface area contributed by atoms with E-state index in [1.165, 1.54) is 24.2 Å². The second-order valence-corrected chi connectivity index (χ2v) is 4.15. The predicted molar refractivity (Wildman–Crippen MR) is 60.5 cm³/mol. The standard InChI is InChI=1S/C11H14N4/c1-15-10-5-4-8(14-12)6-9(10)13-11(15)7-2-3-7/h4-7,14H,2-3,12H2,1H3. The number of fused-ring (bicyclic) bond motifs is 1. The maximum atomic E-state index is 5.37. The van der Waals surface area contributed by atoms with Crippen LogP contribution in [0.5, 0.6) is 0 Å². The van der Waals surface area contributed by atoms with Crippen LogP contribution in [-0.4, -0.2) is 9.55 Å². The second-order valence-electron chi connectivity index (χ2n) is 4.15. The number of rotatable bonds is 2. The molecule has 0 atom stereocenters. The average Bonchev–Trinajstić information content (AvgIpc) is 3.04. The summed E-state index contributed by atoms with van der Waals surface area (Å²) in [6.07, 6.45) is 2.55. The third-order valence-electron chi connectivity index (χ3n) is 3.02. The Morgan fingerprint density at radius 1 is 1.47 bits per heavy atom. The van der Waals surface area contributed by atoms with Crippen LogP contribution < -0.4 is 11.3 Å². The lowest BCUT2D eigenvalue weighted by Crippen LogP contribution is -2.06. The maximum Gasteiger partial charge on any atom is 0.112 e. The van der Waals surface area contributed by atoms with Crippen molar-refractivity contribution in [2.24, 2.45) is 12.9 Å². The number of nitrogens with two attached hydrogens (primary N) is 1. The van der Waals surface area contributed by atoms with E-state index in [2.05, 4.69) is 28.1 Å². The molecule has 1 aliphatic rings. The molecule has 78 valence electrons. The first kappa shape index (κ1) is 8.73. The van der Waals surface area contributed by atoms with Gasteiger partial charge >= 0.3 is 0 Å².